The van der Waals surface area contributed by atoms with Crippen molar-refractivity contribution < 1.29 is 9.59 Å². The van der Waals surface area contributed by atoms with E-state index in [0.29, 0.717) is 25.3 Å². The second-order valence-electron chi connectivity index (χ2n) is 6.21. The van der Waals surface area contributed by atoms with Gasteiger partial charge in [-0.15, -0.1) is 0 Å². The normalized spacial score (nSPS) is 20.9. The molecule has 1 saturated heterocycles. The Labute approximate surface area is 136 Å². The van der Waals surface area contributed by atoms with Gasteiger partial charge in [-0.25, -0.2) is 9.97 Å². The molecule has 3 rings (SSSR count). The maximum Gasteiger partial charge on any atom is 0.245 e. The summed E-state index contributed by atoms with van der Waals surface area (Å²) in [7, 11) is 0. The predicted octanol–water partition coefficient (Wildman–Crippen LogP) is 1.50. The van der Waals surface area contributed by atoms with E-state index in [2.05, 4.69) is 15.3 Å². The number of carbonyl (C=O) groups excluding carboxylic acids is 2. The van der Waals surface area contributed by atoms with Crippen molar-refractivity contribution in [3.63, 3.8) is 0 Å². The van der Waals surface area contributed by atoms with Crippen molar-refractivity contribution in [1.82, 2.24) is 20.2 Å². The van der Waals surface area contributed by atoms with Crippen LogP contribution in [0, 0.1) is 6.92 Å². The lowest BCUT2D eigenvalue weighted by atomic mass is 9.92. The van der Waals surface area contributed by atoms with Crippen LogP contribution in [-0.4, -0.2) is 39.3 Å². The van der Waals surface area contributed by atoms with Gasteiger partial charge in [0, 0.05) is 18.8 Å². The zero-order chi connectivity index (χ0) is 16.2. The standard InChI is InChI=1S/C17H22N4O2/c1-12-18-8-7-14(19-12)11-21-9-3-6-15(17(21)23)20-16(22)10-13-4-2-5-13/h7-8,10,15H,2-6,9,11H2,1H3,(H,20,22). The van der Waals surface area contributed by atoms with Crippen LogP contribution in [0.2, 0.25) is 0 Å². The summed E-state index contributed by atoms with van der Waals surface area (Å²) >= 11 is 0. The number of rotatable bonds is 4. The van der Waals surface area contributed by atoms with Crippen LogP contribution < -0.4 is 5.32 Å². The summed E-state index contributed by atoms with van der Waals surface area (Å²) < 4.78 is 0. The van der Waals surface area contributed by atoms with Gasteiger partial charge in [-0.1, -0.05) is 5.57 Å². The molecule has 2 amide bonds. The number of hydrogen-bond acceptors (Lipinski definition) is 4. The van der Waals surface area contributed by atoms with E-state index >= 15 is 0 Å². The van der Waals surface area contributed by atoms with Crippen molar-refractivity contribution in [2.45, 2.75) is 51.6 Å². The van der Waals surface area contributed by atoms with E-state index < -0.39 is 6.04 Å². The molecule has 2 aliphatic rings. The number of nitrogens with zero attached hydrogens (tertiary/aromatic N) is 3. The van der Waals surface area contributed by atoms with Gasteiger partial charge < -0.3 is 10.2 Å². The second kappa shape index (κ2) is 6.89. The molecule has 1 unspecified atom stereocenters. The molecule has 2 fully saturated rings. The molecule has 1 aliphatic heterocycles. The van der Waals surface area contributed by atoms with E-state index in [0.717, 1.165) is 31.4 Å². The zero-order valence-electron chi connectivity index (χ0n) is 13.4. The second-order valence-corrected chi connectivity index (χ2v) is 6.21. The van der Waals surface area contributed by atoms with Crippen molar-refractivity contribution >= 4 is 11.8 Å². The number of aryl methyl sites for hydroxylation is 1. The first-order chi connectivity index (χ1) is 11.1. The first-order valence-corrected chi connectivity index (χ1v) is 8.19. The van der Waals surface area contributed by atoms with Crippen LogP contribution in [0.3, 0.4) is 0 Å². The van der Waals surface area contributed by atoms with E-state index in [4.69, 9.17) is 0 Å². The van der Waals surface area contributed by atoms with Crippen LogP contribution in [0.25, 0.3) is 0 Å². The Morgan fingerprint density at radius 2 is 2.26 bits per heavy atom. The summed E-state index contributed by atoms with van der Waals surface area (Å²) in [5.41, 5.74) is 2.01. The first-order valence-electron chi connectivity index (χ1n) is 8.19. The third kappa shape index (κ3) is 3.94. The Kier molecular flexibility index (Phi) is 4.69. The van der Waals surface area contributed by atoms with Crippen molar-refractivity contribution in [2.75, 3.05) is 6.54 Å². The fraction of sp³-hybridized carbons (Fsp3) is 0.529. The molecule has 0 bridgehead atoms. The van der Waals surface area contributed by atoms with E-state index in [-0.39, 0.29) is 11.8 Å². The molecule has 122 valence electrons. The maximum absolute atomic E-state index is 12.6. The monoisotopic (exact) mass is 314 g/mol. The molecule has 6 nitrogen and oxygen atoms in total. The smallest absolute Gasteiger partial charge is 0.245 e. The van der Waals surface area contributed by atoms with Crippen LogP contribution in [0.1, 0.15) is 43.6 Å². The molecular weight excluding hydrogens is 292 g/mol. The third-order valence-corrected chi connectivity index (χ3v) is 4.36. The average Bonchev–Trinajstić information content (AvgIpc) is 2.47. The molecule has 1 aromatic rings. The van der Waals surface area contributed by atoms with Crippen molar-refractivity contribution in [2.24, 2.45) is 0 Å². The summed E-state index contributed by atoms with van der Waals surface area (Å²) in [4.78, 5) is 34.7. The molecule has 1 saturated carbocycles. The van der Waals surface area contributed by atoms with Gasteiger partial charge in [0.2, 0.25) is 11.8 Å². The lowest BCUT2D eigenvalue weighted by molar-refractivity contribution is -0.138. The quantitative estimate of drug-likeness (QED) is 0.855. The lowest BCUT2D eigenvalue weighted by Gasteiger charge is -2.32. The number of nitrogens with one attached hydrogen (secondary N) is 1. The first kappa shape index (κ1) is 15.6. The lowest BCUT2D eigenvalue weighted by Crippen LogP contribution is -2.51. The summed E-state index contributed by atoms with van der Waals surface area (Å²) in [6.07, 6.45) is 8.12. The fourth-order valence-corrected chi connectivity index (χ4v) is 2.94. The summed E-state index contributed by atoms with van der Waals surface area (Å²) in [5, 5.41) is 2.86. The number of allylic oxidation sites excluding steroid dienone is 1. The minimum Gasteiger partial charge on any atom is -0.341 e. The number of likely N-dealkylation sites (tertiary alicyclic amines) is 1. The van der Waals surface area contributed by atoms with Crippen molar-refractivity contribution in [3.05, 3.63) is 35.4 Å². The number of hydrogen-bond donors (Lipinski definition) is 1. The van der Waals surface area contributed by atoms with Crippen LogP contribution in [0.4, 0.5) is 0 Å². The van der Waals surface area contributed by atoms with Crippen molar-refractivity contribution in [3.8, 4) is 0 Å². The molecular formula is C17H22N4O2. The molecule has 0 aromatic carbocycles. The van der Waals surface area contributed by atoms with Crippen LogP contribution >= 0.6 is 0 Å². The molecule has 1 aromatic heterocycles. The number of piperidine rings is 1. The molecule has 23 heavy (non-hydrogen) atoms. The van der Waals surface area contributed by atoms with Crippen LogP contribution in [0.15, 0.2) is 23.9 Å². The average molecular weight is 314 g/mol. The van der Waals surface area contributed by atoms with Crippen molar-refractivity contribution in [1.29, 1.82) is 0 Å². The number of amides is 2. The maximum atomic E-state index is 12.6. The summed E-state index contributed by atoms with van der Waals surface area (Å²) in [6, 6.07) is 1.40. The Bertz CT molecular complexity index is 635. The SMILES string of the molecule is Cc1nccc(CN2CCCC(NC(=O)C=C3CCC3)C2=O)n1. The highest BCUT2D eigenvalue weighted by Gasteiger charge is 2.30. The van der Waals surface area contributed by atoms with Gasteiger partial charge in [-0.2, -0.15) is 0 Å². The molecule has 2 heterocycles. The highest BCUT2D eigenvalue weighted by Crippen LogP contribution is 2.24. The molecule has 1 aliphatic carbocycles. The Hall–Kier alpha value is -2.24. The Morgan fingerprint density at radius 3 is 2.96 bits per heavy atom. The number of carbonyl (C=O) groups is 2. The van der Waals surface area contributed by atoms with E-state index in [9.17, 15) is 9.59 Å². The third-order valence-electron chi connectivity index (χ3n) is 4.36. The molecule has 1 atom stereocenters. The molecule has 0 radical (unpaired) electrons. The van der Waals surface area contributed by atoms with Gasteiger partial charge in [0.05, 0.1) is 12.2 Å². The molecule has 0 spiro atoms. The van der Waals surface area contributed by atoms with E-state index in [1.165, 1.54) is 5.57 Å². The highest BCUT2D eigenvalue weighted by atomic mass is 16.2. The van der Waals surface area contributed by atoms with Gasteiger partial charge in [0.15, 0.2) is 0 Å². The zero-order valence-corrected chi connectivity index (χ0v) is 13.4. The Balaban J connectivity index is 1.60. The van der Waals surface area contributed by atoms with Gasteiger partial charge in [-0.3, -0.25) is 9.59 Å². The van der Waals surface area contributed by atoms with Crippen LogP contribution in [-0.2, 0) is 16.1 Å². The molecule has 1 N–H and O–H groups in total. The minimum atomic E-state index is -0.420. The minimum absolute atomic E-state index is 0.0205. The van der Waals surface area contributed by atoms with E-state index in [1.807, 2.05) is 13.0 Å². The highest BCUT2D eigenvalue weighted by molar-refractivity contribution is 5.93. The predicted molar refractivity (Wildman–Crippen MR) is 85.3 cm³/mol. The number of aromatic nitrogens is 2. The van der Waals surface area contributed by atoms with Gasteiger partial charge in [0.25, 0.3) is 0 Å². The van der Waals surface area contributed by atoms with Gasteiger partial charge in [-0.05, 0) is 45.1 Å². The van der Waals surface area contributed by atoms with E-state index in [1.54, 1.807) is 17.2 Å². The van der Waals surface area contributed by atoms with Crippen LogP contribution in [0.5, 0.6) is 0 Å². The largest absolute Gasteiger partial charge is 0.341 e. The van der Waals surface area contributed by atoms with Gasteiger partial charge >= 0.3 is 0 Å². The topological polar surface area (TPSA) is 75.2 Å². The summed E-state index contributed by atoms with van der Waals surface area (Å²) in [5.74, 6) is 0.537. The summed E-state index contributed by atoms with van der Waals surface area (Å²) in [6.45, 7) is 3.00. The molecule has 6 heteroatoms. The van der Waals surface area contributed by atoms with Gasteiger partial charge in [0.1, 0.15) is 11.9 Å². The fourth-order valence-electron chi connectivity index (χ4n) is 2.94. The Morgan fingerprint density at radius 1 is 1.43 bits per heavy atom.